The van der Waals surface area contributed by atoms with E-state index >= 15 is 0 Å². The summed E-state index contributed by atoms with van der Waals surface area (Å²) in [5.74, 6) is 0. The fourth-order valence-corrected chi connectivity index (χ4v) is 4.58. The first-order valence-electron chi connectivity index (χ1n) is 13.9. The summed E-state index contributed by atoms with van der Waals surface area (Å²) < 4.78 is 4.48. The molecule has 0 aliphatic rings. The molecule has 0 unspecified atom stereocenters. The monoisotopic (exact) mass is 458 g/mol. The van der Waals surface area contributed by atoms with Crippen LogP contribution in [0.2, 0.25) is 0 Å². The van der Waals surface area contributed by atoms with E-state index < -0.39 is 0 Å². The minimum atomic E-state index is 1.10. The normalized spacial score (nSPS) is 11.1. The number of benzene rings is 1. The molecule has 0 N–H and O–H groups in total. The molecular weight excluding hydrogens is 412 g/mol. The third-order valence-corrected chi connectivity index (χ3v) is 6.88. The number of nitrogens with zero attached hydrogens (tertiary/aromatic N) is 2. The molecule has 0 aliphatic heterocycles. The van der Waals surface area contributed by atoms with Gasteiger partial charge in [-0.3, -0.25) is 0 Å². The number of hydrogen-bond donors (Lipinski definition) is 0. The zero-order valence-electron chi connectivity index (χ0n) is 21.7. The molecule has 1 aromatic carbocycles. The second kappa shape index (κ2) is 15.4. The number of unbranched alkanes of at least 4 members (excludes halogenated alkanes) is 10. The van der Waals surface area contributed by atoms with Crippen LogP contribution in [-0.2, 0) is 13.0 Å². The number of aromatic nitrogens is 2. The van der Waals surface area contributed by atoms with Crippen LogP contribution >= 0.6 is 0 Å². The second-order valence-corrected chi connectivity index (χ2v) is 9.77. The highest BCUT2D eigenvalue weighted by molar-refractivity contribution is 5.61. The van der Waals surface area contributed by atoms with E-state index in [2.05, 4.69) is 96.3 Å². The smallest absolute Gasteiger partial charge is 0.205 e. The van der Waals surface area contributed by atoms with Crippen molar-refractivity contribution in [3.05, 3.63) is 78.9 Å². The third kappa shape index (κ3) is 9.05. The lowest BCUT2D eigenvalue weighted by atomic mass is 10.0. The van der Waals surface area contributed by atoms with Gasteiger partial charge < -0.3 is 0 Å². The molecule has 0 bridgehead atoms. The Balaban J connectivity index is 1.39. The van der Waals surface area contributed by atoms with Gasteiger partial charge in [0.25, 0.3) is 0 Å². The Morgan fingerprint density at radius 3 is 1.56 bits per heavy atom. The summed E-state index contributed by atoms with van der Waals surface area (Å²) >= 11 is 0. The van der Waals surface area contributed by atoms with Crippen LogP contribution in [0.3, 0.4) is 0 Å². The van der Waals surface area contributed by atoms with Crippen LogP contribution in [0.5, 0.6) is 0 Å². The minimum absolute atomic E-state index is 1.10. The van der Waals surface area contributed by atoms with Crippen LogP contribution in [0.4, 0.5) is 0 Å². The van der Waals surface area contributed by atoms with Crippen LogP contribution in [0.1, 0.15) is 96.5 Å². The molecule has 0 saturated carbocycles. The van der Waals surface area contributed by atoms with Gasteiger partial charge in [0, 0.05) is 42.8 Å². The lowest BCUT2D eigenvalue weighted by Gasteiger charge is -2.04. The fraction of sp³-hybridized carbons (Fsp3) is 0.500. The summed E-state index contributed by atoms with van der Waals surface area (Å²) in [6.07, 6.45) is 26.4. The summed E-state index contributed by atoms with van der Waals surface area (Å²) in [5.41, 5.74) is 5.22. The molecule has 2 heteroatoms. The fourth-order valence-electron chi connectivity index (χ4n) is 4.58. The Bertz CT molecular complexity index is 911. The molecule has 182 valence electrons. The lowest BCUT2D eigenvalue weighted by Crippen LogP contribution is -2.32. The maximum absolute atomic E-state index is 2.30. The maximum atomic E-state index is 2.30. The Morgan fingerprint density at radius 1 is 0.500 bits per heavy atom. The van der Waals surface area contributed by atoms with Crippen LogP contribution in [0.25, 0.3) is 16.8 Å². The van der Waals surface area contributed by atoms with Crippen molar-refractivity contribution in [2.45, 2.75) is 104 Å². The van der Waals surface area contributed by atoms with Crippen LogP contribution in [0.15, 0.2) is 73.3 Å². The highest BCUT2D eigenvalue weighted by Gasteiger charge is 2.08. The molecule has 0 radical (unpaired) electrons. The van der Waals surface area contributed by atoms with Crippen LogP contribution < -0.4 is 9.13 Å². The van der Waals surface area contributed by atoms with E-state index in [9.17, 15) is 0 Å². The molecule has 2 aromatic heterocycles. The molecule has 0 amide bonds. The quantitative estimate of drug-likeness (QED) is 0.151. The van der Waals surface area contributed by atoms with Gasteiger partial charge in [0.05, 0.1) is 0 Å². The topological polar surface area (TPSA) is 7.76 Å². The second-order valence-electron chi connectivity index (χ2n) is 9.77. The molecule has 0 aliphatic carbocycles. The van der Waals surface area contributed by atoms with Gasteiger partial charge in [-0.15, -0.1) is 0 Å². The number of aryl methyl sites for hydroxylation is 2. The number of pyridine rings is 2. The molecule has 34 heavy (non-hydrogen) atoms. The first-order chi connectivity index (χ1) is 16.8. The van der Waals surface area contributed by atoms with E-state index in [0.717, 1.165) is 6.54 Å². The summed E-state index contributed by atoms with van der Waals surface area (Å²) in [6, 6.07) is 18.0. The number of rotatable bonds is 16. The molecule has 2 nitrogen and oxygen atoms in total. The van der Waals surface area contributed by atoms with E-state index in [-0.39, 0.29) is 0 Å². The zero-order valence-corrected chi connectivity index (χ0v) is 21.7. The van der Waals surface area contributed by atoms with E-state index in [1.54, 1.807) is 0 Å². The summed E-state index contributed by atoms with van der Waals surface area (Å²) in [4.78, 5) is 0. The van der Waals surface area contributed by atoms with Gasteiger partial charge in [0.15, 0.2) is 24.8 Å². The molecule has 2 heterocycles. The van der Waals surface area contributed by atoms with Crippen molar-refractivity contribution >= 4 is 0 Å². The Morgan fingerprint density at radius 2 is 1.00 bits per heavy atom. The summed E-state index contributed by atoms with van der Waals surface area (Å²) in [7, 11) is 0. The highest BCUT2D eigenvalue weighted by atomic mass is 14.9. The molecular formula is C32H46N2+2. The minimum Gasteiger partial charge on any atom is -0.205 e. The SMILES string of the molecule is CCCCCCCCCCCCc1ccc(-[n+]2ccc(-c3cc[n+](CCCC)cc3)cc2)cc1. The lowest BCUT2D eigenvalue weighted by molar-refractivity contribution is -0.697. The predicted octanol–water partition coefficient (Wildman–Crippen LogP) is 8.18. The predicted molar refractivity (Wildman–Crippen MR) is 144 cm³/mol. The molecule has 3 rings (SSSR count). The third-order valence-electron chi connectivity index (χ3n) is 6.88. The first-order valence-corrected chi connectivity index (χ1v) is 13.9. The Hall–Kier alpha value is -2.48. The zero-order chi connectivity index (χ0) is 23.8. The summed E-state index contributed by atoms with van der Waals surface area (Å²) in [5, 5.41) is 0. The molecule has 0 fully saturated rings. The van der Waals surface area contributed by atoms with Gasteiger partial charge in [0.1, 0.15) is 6.54 Å². The van der Waals surface area contributed by atoms with E-state index in [0.29, 0.717) is 0 Å². The first kappa shape index (κ1) is 26.1. The van der Waals surface area contributed by atoms with Crippen molar-refractivity contribution in [2.75, 3.05) is 0 Å². The van der Waals surface area contributed by atoms with Crippen molar-refractivity contribution in [3.63, 3.8) is 0 Å². The average Bonchev–Trinajstić information content (AvgIpc) is 2.89. The Kier molecular flexibility index (Phi) is 11.9. The molecule has 0 saturated heterocycles. The van der Waals surface area contributed by atoms with Crippen molar-refractivity contribution in [1.29, 1.82) is 0 Å². The van der Waals surface area contributed by atoms with E-state index in [4.69, 9.17) is 0 Å². The number of hydrogen-bond acceptors (Lipinski definition) is 0. The Labute approximate surface area is 208 Å². The average molecular weight is 459 g/mol. The van der Waals surface area contributed by atoms with Gasteiger partial charge in [-0.25, -0.2) is 4.57 Å². The van der Waals surface area contributed by atoms with Gasteiger partial charge >= 0.3 is 0 Å². The van der Waals surface area contributed by atoms with Gasteiger partial charge in [-0.05, 0) is 29.5 Å². The van der Waals surface area contributed by atoms with E-state index in [1.165, 1.54) is 106 Å². The molecule has 0 spiro atoms. The van der Waals surface area contributed by atoms with Crippen LogP contribution in [0, 0.1) is 0 Å². The highest BCUT2D eigenvalue weighted by Crippen LogP contribution is 2.17. The van der Waals surface area contributed by atoms with Crippen molar-refractivity contribution in [3.8, 4) is 16.8 Å². The largest absolute Gasteiger partial charge is 0.210 e. The standard InChI is InChI=1S/C32H46N2/c1-3-5-7-8-9-10-11-12-13-14-15-29-16-18-32(19-17-29)34-27-22-31(23-28-34)30-20-25-33(26-21-30)24-6-4-2/h16-23,25-28H,3-15,24H2,1-2H3/q+2. The molecule has 0 atom stereocenters. The van der Waals surface area contributed by atoms with Gasteiger partial charge in [-0.2, -0.15) is 4.57 Å². The molecule has 3 aromatic rings. The maximum Gasteiger partial charge on any atom is 0.210 e. The van der Waals surface area contributed by atoms with Crippen molar-refractivity contribution in [2.24, 2.45) is 0 Å². The van der Waals surface area contributed by atoms with Gasteiger partial charge in [0.2, 0.25) is 5.69 Å². The van der Waals surface area contributed by atoms with Crippen molar-refractivity contribution in [1.82, 2.24) is 0 Å². The van der Waals surface area contributed by atoms with Crippen LogP contribution in [-0.4, -0.2) is 0 Å². The summed E-state index contributed by atoms with van der Waals surface area (Å²) in [6.45, 7) is 5.62. The van der Waals surface area contributed by atoms with Crippen molar-refractivity contribution < 1.29 is 9.13 Å². The van der Waals surface area contributed by atoms with E-state index in [1.807, 2.05) is 0 Å². The van der Waals surface area contributed by atoms with Gasteiger partial charge in [-0.1, -0.05) is 90.2 Å².